The minimum atomic E-state index is -0.204. The van der Waals surface area contributed by atoms with Gasteiger partial charge in [0.2, 0.25) is 0 Å². The zero-order valence-electron chi connectivity index (χ0n) is 15.0. The Morgan fingerprint density at radius 2 is 1.96 bits per heavy atom. The van der Waals surface area contributed by atoms with Crippen LogP contribution in [0.15, 0.2) is 4.99 Å². The zero-order chi connectivity index (χ0) is 16.3. The SMILES string of the molecule is CN=C(NCCCOCC1CCOCC1)NCC(C)(C)OC.I. The van der Waals surface area contributed by atoms with Gasteiger partial charge in [-0.25, -0.2) is 0 Å². The maximum absolute atomic E-state index is 5.74. The number of rotatable bonds is 9. The first-order valence-corrected chi connectivity index (χ1v) is 8.22. The van der Waals surface area contributed by atoms with Gasteiger partial charge in [-0.05, 0) is 39.0 Å². The second kappa shape index (κ2) is 13.2. The molecule has 0 bridgehead atoms. The molecule has 1 aliphatic rings. The van der Waals surface area contributed by atoms with Crippen LogP contribution in [0.5, 0.6) is 0 Å². The van der Waals surface area contributed by atoms with Crippen molar-refractivity contribution in [1.82, 2.24) is 10.6 Å². The molecule has 0 saturated carbocycles. The summed E-state index contributed by atoms with van der Waals surface area (Å²) in [5.41, 5.74) is -0.204. The van der Waals surface area contributed by atoms with Crippen molar-refractivity contribution >= 4 is 29.9 Å². The Morgan fingerprint density at radius 1 is 1.26 bits per heavy atom. The van der Waals surface area contributed by atoms with Crippen molar-refractivity contribution in [3.8, 4) is 0 Å². The molecule has 0 amide bonds. The first kappa shape index (κ1) is 22.9. The third-order valence-corrected chi connectivity index (χ3v) is 3.91. The predicted octanol–water partition coefficient (Wildman–Crippen LogP) is 2.03. The van der Waals surface area contributed by atoms with Gasteiger partial charge in [0, 0.05) is 53.7 Å². The fourth-order valence-corrected chi connectivity index (χ4v) is 2.13. The highest BCUT2D eigenvalue weighted by Gasteiger charge is 2.16. The number of ether oxygens (including phenoxy) is 3. The Labute approximate surface area is 158 Å². The van der Waals surface area contributed by atoms with Crippen LogP contribution in [-0.4, -0.2) is 65.2 Å². The number of methoxy groups -OCH3 is 1. The van der Waals surface area contributed by atoms with Gasteiger partial charge in [-0.3, -0.25) is 4.99 Å². The lowest BCUT2D eigenvalue weighted by molar-refractivity contribution is 0.0203. The molecule has 6 nitrogen and oxygen atoms in total. The molecule has 1 saturated heterocycles. The zero-order valence-corrected chi connectivity index (χ0v) is 17.4. The van der Waals surface area contributed by atoms with E-state index < -0.39 is 0 Å². The van der Waals surface area contributed by atoms with Gasteiger partial charge in [0.25, 0.3) is 0 Å². The third kappa shape index (κ3) is 11.1. The van der Waals surface area contributed by atoms with Gasteiger partial charge in [0.1, 0.15) is 0 Å². The first-order chi connectivity index (χ1) is 10.6. The van der Waals surface area contributed by atoms with Crippen molar-refractivity contribution in [3.05, 3.63) is 0 Å². The summed E-state index contributed by atoms with van der Waals surface area (Å²) in [7, 11) is 3.49. The van der Waals surface area contributed by atoms with Crippen LogP contribution in [0, 0.1) is 5.92 Å². The van der Waals surface area contributed by atoms with Crippen molar-refractivity contribution in [1.29, 1.82) is 0 Å². The maximum atomic E-state index is 5.74. The Bertz CT molecular complexity index is 322. The lowest BCUT2D eigenvalue weighted by Crippen LogP contribution is -2.45. The van der Waals surface area contributed by atoms with Gasteiger partial charge in [0.05, 0.1) is 5.60 Å². The predicted molar refractivity (Wildman–Crippen MR) is 105 cm³/mol. The van der Waals surface area contributed by atoms with Gasteiger partial charge >= 0.3 is 0 Å². The summed E-state index contributed by atoms with van der Waals surface area (Å²) >= 11 is 0. The number of guanidine groups is 1. The van der Waals surface area contributed by atoms with Crippen LogP contribution in [0.2, 0.25) is 0 Å². The summed E-state index contributed by atoms with van der Waals surface area (Å²) in [6.07, 6.45) is 3.23. The quantitative estimate of drug-likeness (QED) is 0.247. The van der Waals surface area contributed by atoms with E-state index in [9.17, 15) is 0 Å². The number of halogens is 1. The Morgan fingerprint density at radius 3 is 2.57 bits per heavy atom. The molecule has 1 heterocycles. The summed E-state index contributed by atoms with van der Waals surface area (Å²) in [6.45, 7) is 9.05. The summed E-state index contributed by atoms with van der Waals surface area (Å²) in [5, 5.41) is 6.55. The second-order valence-corrected chi connectivity index (χ2v) is 6.30. The number of nitrogens with one attached hydrogen (secondary N) is 2. The minimum Gasteiger partial charge on any atom is -0.381 e. The third-order valence-electron chi connectivity index (χ3n) is 3.91. The molecule has 7 heteroatoms. The van der Waals surface area contributed by atoms with Crippen LogP contribution in [0.4, 0.5) is 0 Å². The smallest absolute Gasteiger partial charge is 0.191 e. The highest BCUT2D eigenvalue weighted by molar-refractivity contribution is 14.0. The average molecular weight is 443 g/mol. The number of hydrogen-bond acceptors (Lipinski definition) is 4. The van der Waals surface area contributed by atoms with E-state index >= 15 is 0 Å². The van der Waals surface area contributed by atoms with E-state index in [4.69, 9.17) is 14.2 Å². The first-order valence-electron chi connectivity index (χ1n) is 8.22. The highest BCUT2D eigenvalue weighted by Crippen LogP contribution is 2.14. The molecule has 0 aromatic carbocycles. The topological polar surface area (TPSA) is 64.1 Å². The fourth-order valence-electron chi connectivity index (χ4n) is 2.13. The summed E-state index contributed by atoms with van der Waals surface area (Å²) in [6, 6.07) is 0. The maximum Gasteiger partial charge on any atom is 0.191 e. The lowest BCUT2D eigenvalue weighted by Gasteiger charge is -2.24. The highest BCUT2D eigenvalue weighted by atomic mass is 127. The normalized spacial score (nSPS) is 16.8. The second-order valence-electron chi connectivity index (χ2n) is 6.30. The van der Waals surface area contributed by atoms with Crippen LogP contribution in [0.3, 0.4) is 0 Å². The Kier molecular flexibility index (Phi) is 13.1. The summed E-state index contributed by atoms with van der Waals surface area (Å²) in [5.74, 6) is 1.47. The Balaban J connectivity index is 0.00000484. The molecule has 0 radical (unpaired) electrons. The summed E-state index contributed by atoms with van der Waals surface area (Å²) in [4.78, 5) is 4.20. The van der Waals surface area contributed by atoms with Crippen LogP contribution in [-0.2, 0) is 14.2 Å². The van der Waals surface area contributed by atoms with Crippen LogP contribution < -0.4 is 10.6 Å². The van der Waals surface area contributed by atoms with E-state index in [1.54, 1.807) is 14.2 Å². The molecule has 0 atom stereocenters. The number of aliphatic imine (C=N–C) groups is 1. The monoisotopic (exact) mass is 443 g/mol. The van der Waals surface area contributed by atoms with E-state index in [0.29, 0.717) is 12.5 Å². The molecule has 1 fully saturated rings. The summed E-state index contributed by atoms with van der Waals surface area (Å²) < 4.78 is 16.5. The number of nitrogens with zero attached hydrogens (tertiary/aromatic N) is 1. The molecule has 0 spiro atoms. The molecule has 0 aliphatic carbocycles. The molecule has 0 aromatic heterocycles. The lowest BCUT2D eigenvalue weighted by atomic mass is 10.0. The largest absolute Gasteiger partial charge is 0.381 e. The van der Waals surface area contributed by atoms with Crippen molar-refractivity contribution in [2.24, 2.45) is 10.9 Å². The van der Waals surface area contributed by atoms with Crippen molar-refractivity contribution < 1.29 is 14.2 Å². The molecule has 1 aliphatic heterocycles. The van der Waals surface area contributed by atoms with E-state index in [1.807, 2.05) is 13.8 Å². The Hall–Kier alpha value is -0.120. The van der Waals surface area contributed by atoms with Crippen molar-refractivity contribution in [2.45, 2.75) is 38.7 Å². The van der Waals surface area contributed by atoms with Gasteiger partial charge in [-0.1, -0.05) is 0 Å². The van der Waals surface area contributed by atoms with Gasteiger partial charge in [0.15, 0.2) is 5.96 Å². The van der Waals surface area contributed by atoms with E-state index in [2.05, 4.69) is 15.6 Å². The van der Waals surface area contributed by atoms with Gasteiger partial charge in [-0.2, -0.15) is 0 Å². The molecule has 23 heavy (non-hydrogen) atoms. The fraction of sp³-hybridized carbons (Fsp3) is 0.938. The minimum absolute atomic E-state index is 0. The van der Waals surface area contributed by atoms with Crippen molar-refractivity contribution in [3.63, 3.8) is 0 Å². The molecular weight excluding hydrogens is 409 g/mol. The molecule has 2 N–H and O–H groups in total. The van der Waals surface area contributed by atoms with Crippen molar-refractivity contribution in [2.75, 3.05) is 53.7 Å². The van der Waals surface area contributed by atoms with Gasteiger partial charge < -0.3 is 24.8 Å². The molecular formula is C16H34IN3O3. The van der Waals surface area contributed by atoms with E-state index in [-0.39, 0.29) is 29.6 Å². The number of hydrogen-bond donors (Lipinski definition) is 2. The van der Waals surface area contributed by atoms with Crippen LogP contribution in [0.1, 0.15) is 33.1 Å². The average Bonchev–Trinajstić information content (AvgIpc) is 2.54. The molecule has 0 unspecified atom stereocenters. The van der Waals surface area contributed by atoms with E-state index in [0.717, 1.165) is 58.2 Å². The molecule has 1 rings (SSSR count). The van der Waals surface area contributed by atoms with E-state index in [1.165, 1.54) is 0 Å². The standard InChI is InChI=1S/C16H33N3O3.HI/c1-16(2,20-4)13-19-15(17-3)18-8-5-9-22-12-14-6-10-21-11-7-14;/h14H,5-13H2,1-4H3,(H2,17,18,19);1H. The molecule has 0 aromatic rings. The van der Waals surface area contributed by atoms with Crippen LogP contribution >= 0.6 is 24.0 Å². The van der Waals surface area contributed by atoms with Crippen LogP contribution in [0.25, 0.3) is 0 Å². The van der Waals surface area contributed by atoms with Gasteiger partial charge in [-0.15, -0.1) is 24.0 Å². The molecule has 138 valence electrons.